The van der Waals surface area contributed by atoms with Crippen LogP contribution in [0.1, 0.15) is 18.4 Å². The molecule has 2 aliphatic heterocycles. The predicted molar refractivity (Wildman–Crippen MR) is 87.0 cm³/mol. The number of hydrogen-bond acceptors (Lipinski definition) is 4. The molecule has 2 fully saturated rings. The standard InChI is InChI=1S/C18H21F2N3O/c19-18(20)6-8-22(11-15-4-10-24-12-15)13-17(18)5-9-23(14-17)16-3-1-2-7-21-16/h1-4,7,10,12H,5-6,8-9,11,13-14H2/t17-/m1/s1. The molecule has 0 bridgehead atoms. The Kier molecular flexibility index (Phi) is 3.79. The summed E-state index contributed by atoms with van der Waals surface area (Å²) in [6.45, 7) is 2.49. The Morgan fingerprint density at radius 2 is 2.04 bits per heavy atom. The van der Waals surface area contributed by atoms with E-state index in [1.165, 1.54) is 0 Å². The molecular formula is C18H21F2N3O. The summed E-state index contributed by atoms with van der Waals surface area (Å²) < 4.78 is 34.7. The molecule has 2 saturated heterocycles. The van der Waals surface area contributed by atoms with Crippen molar-refractivity contribution in [3.63, 3.8) is 0 Å². The van der Waals surface area contributed by atoms with E-state index < -0.39 is 11.3 Å². The van der Waals surface area contributed by atoms with E-state index in [0.29, 0.717) is 39.1 Å². The Labute approximate surface area is 140 Å². The van der Waals surface area contributed by atoms with Gasteiger partial charge in [-0.15, -0.1) is 0 Å². The van der Waals surface area contributed by atoms with Gasteiger partial charge in [-0.05, 0) is 24.6 Å². The van der Waals surface area contributed by atoms with E-state index in [1.54, 1.807) is 18.7 Å². The number of pyridine rings is 1. The van der Waals surface area contributed by atoms with E-state index in [-0.39, 0.29) is 6.42 Å². The molecule has 1 spiro atoms. The van der Waals surface area contributed by atoms with Gasteiger partial charge in [0.05, 0.1) is 17.9 Å². The van der Waals surface area contributed by atoms with Gasteiger partial charge in [0.1, 0.15) is 5.82 Å². The Morgan fingerprint density at radius 1 is 1.12 bits per heavy atom. The van der Waals surface area contributed by atoms with Gasteiger partial charge in [-0.3, -0.25) is 4.90 Å². The van der Waals surface area contributed by atoms with Crippen LogP contribution in [0.25, 0.3) is 0 Å². The first-order chi connectivity index (χ1) is 11.6. The largest absolute Gasteiger partial charge is 0.472 e. The number of anilines is 1. The van der Waals surface area contributed by atoms with Crippen molar-refractivity contribution in [2.75, 3.05) is 31.1 Å². The topological polar surface area (TPSA) is 32.5 Å². The first-order valence-corrected chi connectivity index (χ1v) is 8.35. The van der Waals surface area contributed by atoms with Gasteiger partial charge in [-0.2, -0.15) is 0 Å². The van der Waals surface area contributed by atoms with Crippen LogP contribution in [-0.2, 0) is 6.54 Å². The lowest BCUT2D eigenvalue weighted by Crippen LogP contribution is -2.56. The minimum atomic E-state index is -2.64. The van der Waals surface area contributed by atoms with Crippen LogP contribution in [0.4, 0.5) is 14.6 Å². The van der Waals surface area contributed by atoms with Crippen LogP contribution in [0, 0.1) is 5.41 Å². The average molecular weight is 333 g/mol. The third kappa shape index (κ3) is 2.69. The van der Waals surface area contributed by atoms with Crippen molar-refractivity contribution in [1.82, 2.24) is 9.88 Å². The normalized spacial score (nSPS) is 27.0. The minimum absolute atomic E-state index is 0.0824. The fraction of sp³-hybridized carbons (Fsp3) is 0.500. The van der Waals surface area contributed by atoms with E-state index in [1.807, 2.05) is 29.2 Å². The summed E-state index contributed by atoms with van der Waals surface area (Å²) in [7, 11) is 0. The second kappa shape index (κ2) is 5.84. The molecule has 2 aromatic rings. The lowest BCUT2D eigenvalue weighted by atomic mass is 9.75. The molecule has 0 radical (unpaired) electrons. The molecule has 0 amide bonds. The number of likely N-dealkylation sites (tertiary alicyclic amines) is 1. The average Bonchev–Trinajstić information content (AvgIpc) is 3.23. The van der Waals surface area contributed by atoms with Gasteiger partial charge in [0, 0.05) is 50.9 Å². The van der Waals surface area contributed by atoms with Crippen LogP contribution >= 0.6 is 0 Å². The molecule has 4 rings (SSSR count). The van der Waals surface area contributed by atoms with Crippen molar-refractivity contribution in [3.8, 4) is 0 Å². The third-order valence-corrected chi connectivity index (χ3v) is 5.36. The van der Waals surface area contributed by atoms with Crippen LogP contribution in [0.2, 0.25) is 0 Å². The zero-order valence-corrected chi connectivity index (χ0v) is 13.5. The summed E-state index contributed by atoms with van der Waals surface area (Å²) in [6.07, 6.45) is 5.44. The summed E-state index contributed by atoms with van der Waals surface area (Å²) in [5.41, 5.74) is 0.0434. The molecule has 4 heterocycles. The molecule has 6 heteroatoms. The zero-order valence-electron chi connectivity index (χ0n) is 13.5. The number of nitrogens with zero attached hydrogens (tertiary/aromatic N) is 3. The van der Waals surface area contributed by atoms with Crippen LogP contribution in [0.5, 0.6) is 0 Å². The maximum Gasteiger partial charge on any atom is 0.257 e. The van der Waals surface area contributed by atoms with Crippen molar-refractivity contribution < 1.29 is 13.2 Å². The lowest BCUT2D eigenvalue weighted by Gasteiger charge is -2.45. The highest BCUT2D eigenvalue weighted by Gasteiger charge is 2.59. The number of aromatic nitrogens is 1. The highest BCUT2D eigenvalue weighted by Crippen LogP contribution is 2.50. The van der Waals surface area contributed by atoms with Crippen molar-refractivity contribution >= 4 is 5.82 Å². The molecule has 24 heavy (non-hydrogen) atoms. The molecule has 0 unspecified atom stereocenters. The second-order valence-electron chi connectivity index (χ2n) is 6.94. The Balaban J connectivity index is 1.53. The van der Waals surface area contributed by atoms with Gasteiger partial charge < -0.3 is 9.32 Å². The van der Waals surface area contributed by atoms with Crippen molar-refractivity contribution in [2.24, 2.45) is 5.41 Å². The van der Waals surface area contributed by atoms with Crippen molar-refractivity contribution in [2.45, 2.75) is 25.3 Å². The fourth-order valence-electron chi connectivity index (χ4n) is 4.00. The van der Waals surface area contributed by atoms with Crippen molar-refractivity contribution in [1.29, 1.82) is 0 Å². The lowest BCUT2D eigenvalue weighted by molar-refractivity contribution is -0.158. The maximum absolute atomic E-state index is 14.8. The summed E-state index contributed by atoms with van der Waals surface area (Å²) in [4.78, 5) is 8.45. The first-order valence-electron chi connectivity index (χ1n) is 8.35. The summed E-state index contributed by atoms with van der Waals surface area (Å²) in [5, 5.41) is 0. The molecule has 1 atom stereocenters. The molecule has 0 saturated carbocycles. The summed E-state index contributed by atoms with van der Waals surface area (Å²) >= 11 is 0. The van der Waals surface area contributed by atoms with Gasteiger partial charge in [-0.1, -0.05) is 6.07 Å². The molecule has 4 nitrogen and oxygen atoms in total. The van der Waals surface area contributed by atoms with E-state index >= 15 is 0 Å². The van der Waals surface area contributed by atoms with E-state index in [9.17, 15) is 8.78 Å². The SMILES string of the molecule is FC1(F)CCN(Cc2ccoc2)C[C@@]12CCN(c1ccccn1)C2. The third-order valence-electron chi connectivity index (χ3n) is 5.36. The highest BCUT2D eigenvalue weighted by molar-refractivity contribution is 5.40. The summed E-state index contributed by atoms with van der Waals surface area (Å²) in [5.74, 6) is -1.85. The number of alkyl halides is 2. The van der Waals surface area contributed by atoms with Gasteiger partial charge in [-0.25, -0.2) is 13.8 Å². The van der Waals surface area contributed by atoms with Crippen molar-refractivity contribution in [3.05, 3.63) is 48.6 Å². The van der Waals surface area contributed by atoms with E-state index in [2.05, 4.69) is 9.88 Å². The molecule has 2 aliphatic rings. The molecule has 0 N–H and O–H groups in total. The number of furan rings is 1. The molecule has 0 aromatic carbocycles. The van der Waals surface area contributed by atoms with Gasteiger partial charge in [0.2, 0.25) is 0 Å². The van der Waals surface area contributed by atoms with E-state index in [0.717, 1.165) is 11.4 Å². The molecule has 2 aromatic heterocycles. The van der Waals surface area contributed by atoms with Gasteiger partial charge in [0.15, 0.2) is 0 Å². The van der Waals surface area contributed by atoms with Gasteiger partial charge in [0.25, 0.3) is 5.92 Å². The Bertz CT molecular complexity index is 677. The van der Waals surface area contributed by atoms with E-state index in [4.69, 9.17) is 4.42 Å². The number of hydrogen-bond donors (Lipinski definition) is 0. The second-order valence-corrected chi connectivity index (χ2v) is 6.94. The predicted octanol–water partition coefficient (Wildman–Crippen LogP) is 3.41. The number of halogens is 2. The smallest absolute Gasteiger partial charge is 0.257 e. The zero-order chi connectivity index (χ0) is 16.6. The van der Waals surface area contributed by atoms with Crippen LogP contribution in [0.15, 0.2) is 47.4 Å². The first kappa shape index (κ1) is 15.6. The van der Waals surface area contributed by atoms with Gasteiger partial charge >= 0.3 is 0 Å². The maximum atomic E-state index is 14.8. The quantitative estimate of drug-likeness (QED) is 0.862. The molecule has 0 aliphatic carbocycles. The van der Waals surface area contributed by atoms with Crippen LogP contribution in [-0.4, -0.2) is 42.0 Å². The molecule has 128 valence electrons. The minimum Gasteiger partial charge on any atom is -0.472 e. The monoisotopic (exact) mass is 333 g/mol. The number of piperidine rings is 1. The molecular weight excluding hydrogens is 312 g/mol. The van der Waals surface area contributed by atoms with Crippen LogP contribution < -0.4 is 4.90 Å². The Hall–Kier alpha value is -1.95. The fourth-order valence-corrected chi connectivity index (χ4v) is 4.00. The number of rotatable bonds is 3. The van der Waals surface area contributed by atoms with Crippen LogP contribution in [0.3, 0.4) is 0 Å². The summed E-state index contributed by atoms with van der Waals surface area (Å²) in [6, 6.07) is 7.53. The Morgan fingerprint density at radius 3 is 2.79 bits per heavy atom. The highest BCUT2D eigenvalue weighted by atomic mass is 19.3.